The Morgan fingerprint density at radius 1 is 1.14 bits per heavy atom. The van der Waals surface area contributed by atoms with Gasteiger partial charge in [0.05, 0.1) is 5.56 Å². The summed E-state index contributed by atoms with van der Waals surface area (Å²) in [5.74, 6) is 1.77. The molecule has 28 heavy (non-hydrogen) atoms. The fraction of sp³-hybridized carbons (Fsp3) is 0.421. The number of benzene rings is 1. The Balaban J connectivity index is 1.68. The van der Waals surface area contributed by atoms with Gasteiger partial charge >= 0.3 is 6.18 Å². The van der Waals surface area contributed by atoms with Gasteiger partial charge in [0.1, 0.15) is 17.5 Å². The number of carbonyl (C=O) groups excluding carboxylic acids is 1. The third-order valence-electron chi connectivity index (χ3n) is 4.51. The average Bonchev–Trinajstić information content (AvgIpc) is 2.67. The van der Waals surface area contributed by atoms with Gasteiger partial charge in [-0.2, -0.15) is 13.2 Å². The molecule has 1 saturated heterocycles. The maximum absolute atomic E-state index is 12.9. The zero-order chi connectivity index (χ0) is 20.3. The van der Waals surface area contributed by atoms with Crippen molar-refractivity contribution in [1.82, 2.24) is 14.9 Å². The SMILES string of the molecule is CCNc1cc(N2CCN(C(=O)c3cccc(C(F)(F)F)c3)CC2)nc(C)n1. The van der Waals surface area contributed by atoms with Crippen LogP contribution in [-0.2, 0) is 6.18 Å². The predicted molar refractivity (Wildman–Crippen MR) is 100 cm³/mol. The molecule has 1 amide bonds. The van der Waals surface area contributed by atoms with E-state index in [0.717, 1.165) is 30.3 Å². The molecule has 0 radical (unpaired) electrons. The molecule has 1 N–H and O–H groups in total. The second-order valence-electron chi connectivity index (χ2n) is 6.55. The molecule has 2 heterocycles. The summed E-state index contributed by atoms with van der Waals surface area (Å²) in [6.07, 6.45) is -4.47. The summed E-state index contributed by atoms with van der Waals surface area (Å²) in [6.45, 7) is 6.46. The number of alkyl halides is 3. The lowest BCUT2D eigenvalue weighted by Crippen LogP contribution is -2.49. The van der Waals surface area contributed by atoms with Gasteiger partial charge in [-0.05, 0) is 32.0 Å². The van der Waals surface area contributed by atoms with Crippen molar-refractivity contribution in [3.05, 3.63) is 47.3 Å². The van der Waals surface area contributed by atoms with E-state index < -0.39 is 17.6 Å². The molecular formula is C19H22F3N5O. The second-order valence-corrected chi connectivity index (χ2v) is 6.55. The van der Waals surface area contributed by atoms with Crippen LogP contribution in [0.2, 0.25) is 0 Å². The summed E-state index contributed by atoms with van der Waals surface area (Å²) in [4.78, 5) is 25.0. The minimum Gasteiger partial charge on any atom is -0.370 e. The highest BCUT2D eigenvalue weighted by Gasteiger charge is 2.31. The number of carbonyl (C=O) groups is 1. The van der Waals surface area contributed by atoms with Crippen LogP contribution in [-0.4, -0.2) is 53.5 Å². The van der Waals surface area contributed by atoms with Crippen molar-refractivity contribution in [2.75, 3.05) is 42.9 Å². The van der Waals surface area contributed by atoms with Crippen LogP contribution in [0.25, 0.3) is 0 Å². The molecule has 0 bridgehead atoms. The molecule has 3 rings (SSSR count). The Hall–Kier alpha value is -2.84. The second kappa shape index (κ2) is 8.04. The van der Waals surface area contributed by atoms with Crippen LogP contribution in [0.5, 0.6) is 0 Å². The van der Waals surface area contributed by atoms with E-state index in [2.05, 4.69) is 15.3 Å². The summed E-state index contributed by atoms with van der Waals surface area (Å²) in [5.41, 5.74) is -0.764. The summed E-state index contributed by atoms with van der Waals surface area (Å²) < 4.78 is 38.7. The van der Waals surface area contributed by atoms with Crippen LogP contribution in [0.3, 0.4) is 0 Å². The summed E-state index contributed by atoms with van der Waals surface area (Å²) in [5, 5.41) is 3.16. The Kier molecular flexibility index (Phi) is 5.71. The van der Waals surface area contributed by atoms with Crippen LogP contribution in [0.4, 0.5) is 24.8 Å². The van der Waals surface area contributed by atoms with Crippen LogP contribution in [0.15, 0.2) is 30.3 Å². The number of hydrogen-bond acceptors (Lipinski definition) is 5. The number of nitrogens with zero attached hydrogens (tertiary/aromatic N) is 4. The molecule has 1 aliphatic rings. The zero-order valence-corrected chi connectivity index (χ0v) is 15.8. The molecule has 9 heteroatoms. The Bertz CT molecular complexity index is 848. The normalized spacial score (nSPS) is 14.9. The fourth-order valence-electron chi connectivity index (χ4n) is 3.14. The lowest BCUT2D eigenvalue weighted by molar-refractivity contribution is -0.137. The minimum absolute atomic E-state index is 0.0515. The van der Waals surface area contributed by atoms with Crippen LogP contribution in [0.1, 0.15) is 28.7 Å². The summed E-state index contributed by atoms with van der Waals surface area (Å²) in [7, 11) is 0. The van der Waals surface area contributed by atoms with Crippen molar-refractivity contribution in [2.24, 2.45) is 0 Å². The third kappa shape index (κ3) is 4.52. The molecule has 0 unspecified atom stereocenters. The molecule has 1 fully saturated rings. The molecule has 0 saturated carbocycles. The first-order chi connectivity index (χ1) is 13.3. The average molecular weight is 393 g/mol. The zero-order valence-electron chi connectivity index (χ0n) is 15.8. The van der Waals surface area contributed by atoms with Crippen LogP contribution < -0.4 is 10.2 Å². The molecule has 0 aliphatic carbocycles. The Morgan fingerprint density at radius 2 is 1.86 bits per heavy atom. The van der Waals surface area contributed by atoms with Gasteiger partial charge < -0.3 is 15.1 Å². The fourth-order valence-corrected chi connectivity index (χ4v) is 3.14. The van der Waals surface area contributed by atoms with E-state index in [0.29, 0.717) is 32.0 Å². The first-order valence-corrected chi connectivity index (χ1v) is 9.09. The van der Waals surface area contributed by atoms with E-state index in [1.54, 1.807) is 4.90 Å². The van der Waals surface area contributed by atoms with Crippen LogP contribution in [0, 0.1) is 6.92 Å². The van der Waals surface area contributed by atoms with Crippen molar-refractivity contribution in [3.63, 3.8) is 0 Å². The van der Waals surface area contributed by atoms with Gasteiger partial charge in [0, 0.05) is 44.4 Å². The number of amides is 1. The van der Waals surface area contributed by atoms with E-state index in [1.165, 1.54) is 12.1 Å². The molecule has 0 spiro atoms. The molecule has 6 nitrogen and oxygen atoms in total. The van der Waals surface area contributed by atoms with Crippen molar-refractivity contribution < 1.29 is 18.0 Å². The maximum atomic E-state index is 12.9. The largest absolute Gasteiger partial charge is 0.416 e. The van der Waals surface area contributed by atoms with E-state index in [9.17, 15) is 18.0 Å². The van der Waals surface area contributed by atoms with Gasteiger partial charge in [-0.3, -0.25) is 4.79 Å². The van der Waals surface area contributed by atoms with Gasteiger partial charge in [0.2, 0.25) is 0 Å². The Morgan fingerprint density at radius 3 is 2.50 bits per heavy atom. The molecule has 1 aliphatic heterocycles. The summed E-state index contributed by atoms with van der Waals surface area (Å²) >= 11 is 0. The van der Waals surface area contributed by atoms with Gasteiger partial charge in [-0.1, -0.05) is 6.07 Å². The van der Waals surface area contributed by atoms with Crippen molar-refractivity contribution in [3.8, 4) is 0 Å². The highest BCUT2D eigenvalue weighted by molar-refractivity contribution is 5.94. The third-order valence-corrected chi connectivity index (χ3v) is 4.51. The van der Waals surface area contributed by atoms with E-state index in [-0.39, 0.29) is 5.56 Å². The van der Waals surface area contributed by atoms with Crippen LogP contribution >= 0.6 is 0 Å². The lowest BCUT2D eigenvalue weighted by atomic mass is 10.1. The predicted octanol–water partition coefficient (Wildman–Crippen LogP) is 3.20. The number of hydrogen-bond donors (Lipinski definition) is 1. The highest BCUT2D eigenvalue weighted by Crippen LogP contribution is 2.30. The maximum Gasteiger partial charge on any atom is 0.416 e. The van der Waals surface area contributed by atoms with Gasteiger partial charge in [-0.15, -0.1) is 0 Å². The monoisotopic (exact) mass is 393 g/mol. The molecule has 1 aromatic heterocycles. The molecule has 150 valence electrons. The smallest absolute Gasteiger partial charge is 0.370 e. The lowest BCUT2D eigenvalue weighted by Gasteiger charge is -2.35. The highest BCUT2D eigenvalue weighted by atomic mass is 19.4. The van der Waals surface area contributed by atoms with Crippen molar-refractivity contribution in [1.29, 1.82) is 0 Å². The van der Waals surface area contributed by atoms with Gasteiger partial charge in [0.15, 0.2) is 0 Å². The summed E-state index contributed by atoms with van der Waals surface area (Å²) in [6, 6.07) is 6.42. The number of rotatable bonds is 4. The van der Waals surface area contributed by atoms with Gasteiger partial charge in [-0.25, -0.2) is 9.97 Å². The van der Waals surface area contributed by atoms with Gasteiger partial charge in [0.25, 0.3) is 5.91 Å². The number of nitrogens with one attached hydrogen (secondary N) is 1. The number of piperazine rings is 1. The van der Waals surface area contributed by atoms with E-state index >= 15 is 0 Å². The first-order valence-electron chi connectivity index (χ1n) is 9.09. The van der Waals surface area contributed by atoms with E-state index in [1.807, 2.05) is 24.8 Å². The van der Waals surface area contributed by atoms with Crippen molar-refractivity contribution in [2.45, 2.75) is 20.0 Å². The minimum atomic E-state index is -4.47. The topological polar surface area (TPSA) is 61.4 Å². The Labute approximate surface area is 161 Å². The molecule has 0 atom stereocenters. The molecule has 2 aromatic rings. The quantitative estimate of drug-likeness (QED) is 0.865. The van der Waals surface area contributed by atoms with E-state index in [4.69, 9.17) is 0 Å². The molecular weight excluding hydrogens is 371 g/mol. The number of halogens is 3. The number of anilines is 2. The standard InChI is InChI=1S/C19H22F3N5O/c1-3-23-16-12-17(25-13(2)24-16)26-7-9-27(10-8-26)18(28)14-5-4-6-15(11-14)19(20,21)22/h4-6,11-12H,3,7-10H2,1-2H3,(H,23,24,25). The number of aromatic nitrogens is 2. The first kappa shape index (κ1) is 19.9. The van der Waals surface area contributed by atoms with Crippen molar-refractivity contribution >= 4 is 17.5 Å². The molecule has 1 aromatic carbocycles. The number of aryl methyl sites for hydroxylation is 1.